The number of hydrogen-bond acceptors (Lipinski definition) is 15. The van der Waals surface area contributed by atoms with Crippen molar-refractivity contribution < 1.29 is 71.5 Å². The van der Waals surface area contributed by atoms with Gasteiger partial charge in [-0.15, -0.1) is 5.92 Å². The molecule has 0 heterocycles. The summed E-state index contributed by atoms with van der Waals surface area (Å²) in [6, 6.07) is 3.52. The highest BCUT2D eigenvalue weighted by atomic mass is 16.6. The van der Waals surface area contributed by atoms with Gasteiger partial charge in [-0.3, -0.25) is 28.8 Å². The number of carbonyl (C=O) groups excluding carboxylic acids is 8. The normalized spacial score (nSPS) is 14.0. The predicted octanol–water partition coefficient (Wildman–Crippen LogP) is 0.488. The van der Waals surface area contributed by atoms with Gasteiger partial charge in [-0.2, -0.15) is 0 Å². The fourth-order valence-corrected chi connectivity index (χ4v) is 5.90. The van der Waals surface area contributed by atoms with Gasteiger partial charge in [-0.1, -0.05) is 38.3 Å². The van der Waals surface area contributed by atoms with E-state index in [-0.39, 0.29) is 83.5 Å². The van der Waals surface area contributed by atoms with Crippen LogP contribution in [0.25, 0.3) is 0 Å². The van der Waals surface area contributed by atoms with Gasteiger partial charge in [0.2, 0.25) is 29.5 Å². The third-order valence-corrected chi connectivity index (χ3v) is 9.50. The molecule has 3 atom stereocenters. The van der Waals surface area contributed by atoms with Crippen LogP contribution in [0.15, 0.2) is 24.3 Å². The molecule has 0 spiro atoms. The predicted molar refractivity (Wildman–Crippen MR) is 245 cm³/mol. The SMILES string of the molecule is CC(=O)OCNC(=O)CNC(=O)OCc1ccc(NC(=O)[C@H](CCCNC(N)=O)NC(=O)[C@@H](NC(=O)CCOCCOCCOCCOCCNC(=O)COC2C#CCCCCC2)C(C)C)cc1. The lowest BCUT2D eigenvalue weighted by Gasteiger charge is -2.25. The molecule has 1 aliphatic carbocycles. The summed E-state index contributed by atoms with van der Waals surface area (Å²) in [5.41, 5.74) is 6.09. The number of primary amides is 1. The highest BCUT2D eigenvalue weighted by molar-refractivity contribution is 5.98. The van der Waals surface area contributed by atoms with E-state index in [0.717, 1.165) is 32.1 Å². The van der Waals surface area contributed by atoms with Crippen molar-refractivity contribution in [1.29, 1.82) is 0 Å². The second-order valence-corrected chi connectivity index (χ2v) is 15.5. The Morgan fingerprint density at radius 3 is 2.06 bits per heavy atom. The summed E-state index contributed by atoms with van der Waals surface area (Å²) in [6.45, 7) is 6.57. The smallest absolute Gasteiger partial charge is 0.407 e. The number of alkyl carbamates (subject to hydrolysis) is 1. The Balaban J connectivity index is 1.65. The first-order valence-corrected chi connectivity index (χ1v) is 22.7. The summed E-state index contributed by atoms with van der Waals surface area (Å²) < 4.78 is 37.3. The molecule has 8 amide bonds. The quantitative estimate of drug-likeness (QED) is 0.0202. The Labute approximate surface area is 397 Å². The van der Waals surface area contributed by atoms with Crippen LogP contribution in [0.5, 0.6) is 0 Å². The molecule has 0 aromatic heterocycles. The van der Waals surface area contributed by atoms with E-state index in [9.17, 15) is 38.4 Å². The highest BCUT2D eigenvalue weighted by Gasteiger charge is 2.29. The fraction of sp³-hybridized carbons (Fsp3) is 0.644. The minimum absolute atomic E-state index is 0.0277. The molecular formula is C45H70N8O15. The molecule has 0 fully saturated rings. The second kappa shape index (κ2) is 36.0. The molecule has 0 radical (unpaired) electrons. The van der Waals surface area contributed by atoms with Crippen molar-refractivity contribution in [1.82, 2.24) is 31.9 Å². The summed E-state index contributed by atoms with van der Waals surface area (Å²) in [5, 5.41) is 17.9. The third-order valence-electron chi connectivity index (χ3n) is 9.50. The highest BCUT2D eigenvalue weighted by Crippen LogP contribution is 2.14. The Morgan fingerprint density at radius 1 is 0.721 bits per heavy atom. The molecule has 9 N–H and O–H groups in total. The van der Waals surface area contributed by atoms with Gasteiger partial charge < -0.3 is 76.1 Å². The first-order valence-electron chi connectivity index (χ1n) is 22.7. The molecule has 1 aromatic rings. The van der Waals surface area contributed by atoms with Gasteiger partial charge in [0.05, 0.1) is 52.9 Å². The van der Waals surface area contributed by atoms with E-state index in [1.54, 1.807) is 38.1 Å². The van der Waals surface area contributed by atoms with Gasteiger partial charge >= 0.3 is 18.1 Å². The van der Waals surface area contributed by atoms with Crippen LogP contribution in [0.3, 0.4) is 0 Å². The van der Waals surface area contributed by atoms with Crippen LogP contribution in [0.1, 0.15) is 77.7 Å². The Kier molecular flexibility index (Phi) is 30.8. The summed E-state index contributed by atoms with van der Waals surface area (Å²) in [4.78, 5) is 97.4. The third kappa shape index (κ3) is 29.6. The number of nitrogens with two attached hydrogens (primary N) is 1. The van der Waals surface area contributed by atoms with E-state index < -0.39 is 60.4 Å². The van der Waals surface area contributed by atoms with Gasteiger partial charge in [0.1, 0.15) is 37.9 Å². The fourth-order valence-electron chi connectivity index (χ4n) is 5.90. The van der Waals surface area contributed by atoms with Crippen LogP contribution < -0.4 is 43.0 Å². The van der Waals surface area contributed by atoms with Crippen LogP contribution in [0.2, 0.25) is 0 Å². The molecule has 0 saturated carbocycles. The standard InChI is InChI=1S/C45H70N8O15/c1-32(2)41(53-38(55)17-20-62-22-24-64-26-27-65-25-23-63-21-19-47-40(57)30-66-36-10-7-5-4-6-8-11-36)43(59)52-37(12-9-18-48-44(46)60)42(58)51-35-15-13-34(14-16-35)29-67-45(61)49-28-39(56)50-31-68-33(3)54/h13-16,32,36-37,41H,4-7,9-10,12,17-31H2,1-3H3,(H,47,57)(H,49,61)(H,50,56)(H,51,58)(H,52,59)(H,53,55)(H3,46,48,60)/t36?,37-,41-/m0/s1. The molecule has 1 aliphatic rings. The monoisotopic (exact) mass is 962 g/mol. The van der Waals surface area contributed by atoms with Crippen molar-refractivity contribution in [3.05, 3.63) is 29.8 Å². The van der Waals surface area contributed by atoms with Gasteiger partial charge in [0.25, 0.3) is 0 Å². The van der Waals surface area contributed by atoms with Crippen LogP contribution in [0, 0.1) is 17.8 Å². The van der Waals surface area contributed by atoms with Crippen molar-refractivity contribution in [3.8, 4) is 11.8 Å². The van der Waals surface area contributed by atoms with E-state index in [0.29, 0.717) is 50.8 Å². The number of benzene rings is 1. The number of nitrogens with one attached hydrogen (secondary N) is 7. The first-order chi connectivity index (χ1) is 32.7. The molecule has 23 nitrogen and oxygen atoms in total. The number of anilines is 1. The van der Waals surface area contributed by atoms with Crippen LogP contribution in [-0.4, -0.2) is 152 Å². The molecule has 1 unspecified atom stereocenters. The van der Waals surface area contributed by atoms with Gasteiger partial charge in [0.15, 0.2) is 6.73 Å². The van der Waals surface area contributed by atoms with E-state index >= 15 is 0 Å². The summed E-state index contributed by atoms with van der Waals surface area (Å²) in [6.07, 6.45) is 4.32. The lowest BCUT2D eigenvalue weighted by molar-refractivity contribution is -0.142. The second-order valence-electron chi connectivity index (χ2n) is 15.5. The minimum Gasteiger partial charge on any atom is -0.445 e. The molecule has 0 bridgehead atoms. The maximum atomic E-state index is 13.5. The maximum absolute atomic E-state index is 13.5. The summed E-state index contributed by atoms with van der Waals surface area (Å²) in [7, 11) is 0. The van der Waals surface area contributed by atoms with Crippen LogP contribution in [0.4, 0.5) is 15.3 Å². The number of hydrogen-bond donors (Lipinski definition) is 8. The lowest BCUT2D eigenvalue weighted by atomic mass is 10.0. The van der Waals surface area contributed by atoms with Crippen molar-refractivity contribution in [3.63, 3.8) is 0 Å². The van der Waals surface area contributed by atoms with E-state index in [4.69, 9.17) is 34.2 Å². The zero-order valence-corrected chi connectivity index (χ0v) is 39.4. The molecule has 380 valence electrons. The Bertz CT molecular complexity index is 1770. The molecule has 1 aromatic carbocycles. The van der Waals surface area contributed by atoms with Crippen molar-refractivity contribution in [2.24, 2.45) is 11.7 Å². The van der Waals surface area contributed by atoms with Gasteiger partial charge in [-0.25, -0.2) is 9.59 Å². The molecule has 68 heavy (non-hydrogen) atoms. The molecule has 0 aliphatic heterocycles. The zero-order chi connectivity index (χ0) is 49.8. The van der Waals surface area contributed by atoms with Gasteiger partial charge in [0, 0.05) is 38.5 Å². The molecule has 2 rings (SSSR count). The number of urea groups is 1. The lowest BCUT2D eigenvalue weighted by Crippen LogP contribution is -2.54. The number of carbonyl (C=O) groups is 8. The number of rotatable bonds is 34. The van der Waals surface area contributed by atoms with E-state index in [1.165, 1.54) is 6.92 Å². The van der Waals surface area contributed by atoms with Crippen molar-refractivity contribution in [2.45, 2.75) is 96.9 Å². The van der Waals surface area contributed by atoms with Crippen LogP contribution >= 0.6 is 0 Å². The molecule has 0 saturated heterocycles. The van der Waals surface area contributed by atoms with Crippen molar-refractivity contribution in [2.75, 3.05) is 91.1 Å². The minimum atomic E-state index is -1.07. The van der Waals surface area contributed by atoms with E-state index in [2.05, 4.69) is 53.8 Å². The zero-order valence-electron chi connectivity index (χ0n) is 39.4. The largest absolute Gasteiger partial charge is 0.445 e. The first kappa shape index (κ1) is 58.1. The topological polar surface area (TPSA) is 311 Å². The molecule has 23 heteroatoms. The number of ether oxygens (including phenoxy) is 7. The van der Waals surface area contributed by atoms with Gasteiger partial charge in [-0.05, 0) is 55.7 Å². The Hall–Kier alpha value is -6.06. The Morgan fingerprint density at radius 2 is 1.40 bits per heavy atom. The summed E-state index contributed by atoms with van der Waals surface area (Å²) >= 11 is 0. The van der Waals surface area contributed by atoms with Crippen LogP contribution in [-0.2, 0) is 68.5 Å². The summed E-state index contributed by atoms with van der Waals surface area (Å²) in [5.74, 6) is 2.86. The maximum Gasteiger partial charge on any atom is 0.407 e. The van der Waals surface area contributed by atoms with E-state index in [1.807, 2.05) is 0 Å². The average Bonchev–Trinajstić information content (AvgIpc) is 3.28. The van der Waals surface area contributed by atoms with Crippen molar-refractivity contribution >= 4 is 53.3 Å². The number of amides is 8. The number of esters is 1. The average molecular weight is 963 g/mol. The molecular weight excluding hydrogens is 893 g/mol.